The molecule has 0 saturated carbocycles. The van der Waals surface area contributed by atoms with Gasteiger partial charge in [0.2, 0.25) is 0 Å². The molecule has 0 radical (unpaired) electrons. The number of aromatic nitrogens is 2. The van der Waals surface area contributed by atoms with Crippen molar-refractivity contribution >= 4 is 40.3 Å². The first kappa shape index (κ1) is 16.7. The SMILES string of the molecule is CC(C=O)c1c(-c2ccc(Cl)nc2)c2cc(Cl)ccc2c(=O)n1C. The molecule has 0 aliphatic carbocycles. The fourth-order valence-corrected chi connectivity index (χ4v) is 3.21. The molecule has 2 aromatic heterocycles. The largest absolute Gasteiger partial charge is 0.314 e. The number of halogens is 2. The van der Waals surface area contributed by atoms with Crippen molar-refractivity contribution in [2.45, 2.75) is 12.8 Å². The van der Waals surface area contributed by atoms with Crippen molar-refractivity contribution in [2.75, 3.05) is 0 Å². The van der Waals surface area contributed by atoms with Crippen LogP contribution in [-0.4, -0.2) is 15.8 Å². The minimum atomic E-state index is -0.461. The second-order valence-corrected chi connectivity index (χ2v) is 6.43. The van der Waals surface area contributed by atoms with Crippen molar-refractivity contribution in [2.24, 2.45) is 7.05 Å². The summed E-state index contributed by atoms with van der Waals surface area (Å²) in [7, 11) is 1.67. The van der Waals surface area contributed by atoms with Crippen molar-refractivity contribution in [1.82, 2.24) is 9.55 Å². The average molecular weight is 361 g/mol. The molecule has 0 bridgehead atoms. The van der Waals surface area contributed by atoms with Crippen molar-refractivity contribution in [3.63, 3.8) is 0 Å². The van der Waals surface area contributed by atoms with Gasteiger partial charge in [-0.2, -0.15) is 0 Å². The maximum absolute atomic E-state index is 12.7. The van der Waals surface area contributed by atoms with Crippen LogP contribution in [0.2, 0.25) is 10.2 Å². The molecule has 6 heteroatoms. The number of rotatable bonds is 3. The van der Waals surface area contributed by atoms with Gasteiger partial charge in [-0.05, 0) is 35.7 Å². The summed E-state index contributed by atoms with van der Waals surface area (Å²) in [6, 6.07) is 8.60. The van der Waals surface area contributed by atoms with Gasteiger partial charge in [-0.25, -0.2) is 4.98 Å². The van der Waals surface area contributed by atoms with Gasteiger partial charge in [-0.15, -0.1) is 0 Å². The van der Waals surface area contributed by atoms with E-state index < -0.39 is 5.92 Å². The van der Waals surface area contributed by atoms with Crippen LogP contribution in [0.5, 0.6) is 0 Å². The first-order chi connectivity index (χ1) is 11.4. The lowest BCUT2D eigenvalue weighted by atomic mass is 9.93. The Hall–Kier alpha value is -2.17. The zero-order valence-corrected chi connectivity index (χ0v) is 14.6. The molecule has 0 fully saturated rings. The average Bonchev–Trinajstić information content (AvgIpc) is 2.58. The zero-order chi connectivity index (χ0) is 17.4. The van der Waals surface area contributed by atoms with Crippen LogP contribution in [0.15, 0.2) is 41.3 Å². The van der Waals surface area contributed by atoms with E-state index in [1.807, 2.05) is 6.07 Å². The summed E-state index contributed by atoms with van der Waals surface area (Å²) >= 11 is 12.0. The predicted molar refractivity (Wildman–Crippen MR) is 96.9 cm³/mol. The number of benzene rings is 1. The highest BCUT2D eigenvalue weighted by atomic mass is 35.5. The number of carbonyl (C=O) groups is 1. The number of nitrogens with zero attached hydrogens (tertiary/aromatic N) is 2. The molecule has 3 rings (SSSR count). The van der Waals surface area contributed by atoms with E-state index in [9.17, 15) is 9.59 Å². The second-order valence-electron chi connectivity index (χ2n) is 5.61. The van der Waals surface area contributed by atoms with Crippen molar-refractivity contribution < 1.29 is 4.79 Å². The predicted octanol–water partition coefficient (Wildman–Crippen LogP) is 4.21. The molecule has 0 spiro atoms. The van der Waals surface area contributed by atoms with Crippen molar-refractivity contribution in [3.8, 4) is 11.1 Å². The third-order valence-electron chi connectivity index (χ3n) is 4.05. The third kappa shape index (κ3) is 2.72. The molecule has 1 atom stereocenters. The van der Waals surface area contributed by atoms with Gasteiger partial charge in [0.1, 0.15) is 11.4 Å². The summed E-state index contributed by atoms with van der Waals surface area (Å²) in [5.74, 6) is -0.461. The van der Waals surface area contributed by atoms with Crippen LogP contribution < -0.4 is 5.56 Å². The molecule has 0 saturated heterocycles. The Balaban J connectivity index is 2.53. The highest BCUT2D eigenvalue weighted by molar-refractivity contribution is 6.31. The van der Waals surface area contributed by atoms with Gasteiger partial charge < -0.3 is 9.36 Å². The summed E-state index contributed by atoms with van der Waals surface area (Å²) in [6.07, 6.45) is 2.45. The molecule has 4 nitrogen and oxygen atoms in total. The van der Waals surface area contributed by atoms with Gasteiger partial charge in [0.25, 0.3) is 5.56 Å². The second kappa shape index (κ2) is 6.38. The molecule has 24 heavy (non-hydrogen) atoms. The highest BCUT2D eigenvalue weighted by Gasteiger charge is 2.21. The summed E-state index contributed by atoms with van der Waals surface area (Å²) in [6.45, 7) is 1.75. The van der Waals surface area contributed by atoms with Gasteiger partial charge in [-0.1, -0.05) is 30.1 Å². The van der Waals surface area contributed by atoms with E-state index in [4.69, 9.17) is 23.2 Å². The maximum Gasteiger partial charge on any atom is 0.258 e. The Kier molecular flexibility index (Phi) is 4.43. The number of hydrogen-bond donors (Lipinski definition) is 0. The van der Waals surface area contributed by atoms with E-state index in [1.54, 1.807) is 44.4 Å². The van der Waals surface area contributed by atoms with E-state index in [2.05, 4.69) is 4.98 Å². The monoisotopic (exact) mass is 360 g/mol. The first-order valence-electron chi connectivity index (χ1n) is 7.33. The van der Waals surface area contributed by atoms with Gasteiger partial charge in [0.15, 0.2) is 0 Å². The number of pyridine rings is 2. The summed E-state index contributed by atoms with van der Waals surface area (Å²) < 4.78 is 1.51. The Morgan fingerprint density at radius 2 is 1.92 bits per heavy atom. The highest BCUT2D eigenvalue weighted by Crippen LogP contribution is 2.35. The minimum absolute atomic E-state index is 0.170. The maximum atomic E-state index is 12.7. The van der Waals surface area contributed by atoms with E-state index >= 15 is 0 Å². The van der Waals surface area contributed by atoms with Crippen LogP contribution in [0, 0.1) is 0 Å². The lowest BCUT2D eigenvalue weighted by molar-refractivity contribution is -0.108. The molecule has 1 unspecified atom stereocenters. The zero-order valence-electron chi connectivity index (χ0n) is 13.1. The van der Waals surface area contributed by atoms with E-state index in [1.165, 1.54) is 4.57 Å². The first-order valence-corrected chi connectivity index (χ1v) is 8.09. The van der Waals surface area contributed by atoms with Crippen LogP contribution in [0.4, 0.5) is 0 Å². The van der Waals surface area contributed by atoms with Gasteiger partial charge >= 0.3 is 0 Å². The summed E-state index contributed by atoms with van der Waals surface area (Å²) in [5, 5.41) is 2.12. The van der Waals surface area contributed by atoms with E-state index in [0.717, 1.165) is 17.4 Å². The molecule has 0 amide bonds. The molecule has 0 aliphatic heterocycles. The lowest BCUT2D eigenvalue weighted by Crippen LogP contribution is -2.23. The molecular formula is C18H14Cl2N2O2. The lowest BCUT2D eigenvalue weighted by Gasteiger charge is -2.19. The number of hydrogen-bond acceptors (Lipinski definition) is 3. The number of fused-ring (bicyclic) bond motifs is 1. The van der Waals surface area contributed by atoms with Crippen LogP contribution >= 0.6 is 23.2 Å². The van der Waals surface area contributed by atoms with Gasteiger partial charge in [-0.3, -0.25) is 4.79 Å². The van der Waals surface area contributed by atoms with Crippen LogP contribution in [-0.2, 0) is 11.8 Å². The fourth-order valence-electron chi connectivity index (χ4n) is 2.93. The standard InChI is InChI=1S/C18H14Cl2N2O2/c1-10(9-23)17-16(11-3-6-15(20)21-8-11)14-7-12(19)4-5-13(14)18(24)22(17)2/h3-10H,1-2H3. The minimum Gasteiger partial charge on any atom is -0.314 e. The molecular weight excluding hydrogens is 347 g/mol. The fraction of sp³-hybridized carbons (Fsp3) is 0.167. The molecule has 3 aromatic rings. The van der Waals surface area contributed by atoms with Crippen LogP contribution in [0.3, 0.4) is 0 Å². The molecule has 122 valence electrons. The van der Waals surface area contributed by atoms with Gasteiger partial charge in [0, 0.05) is 40.5 Å². The molecule has 1 aromatic carbocycles. The molecule has 2 heterocycles. The van der Waals surface area contributed by atoms with E-state index in [0.29, 0.717) is 26.6 Å². The number of carbonyl (C=O) groups excluding carboxylic acids is 1. The Morgan fingerprint density at radius 1 is 1.17 bits per heavy atom. The van der Waals surface area contributed by atoms with E-state index in [-0.39, 0.29) is 5.56 Å². The number of aldehydes is 1. The Morgan fingerprint density at radius 3 is 2.54 bits per heavy atom. The van der Waals surface area contributed by atoms with Crippen molar-refractivity contribution in [3.05, 3.63) is 62.8 Å². The smallest absolute Gasteiger partial charge is 0.258 e. The van der Waals surface area contributed by atoms with Gasteiger partial charge in [0.05, 0.1) is 5.92 Å². The third-order valence-corrected chi connectivity index (χ3v) is 4.51. The van der Waals surface area contributed by atoms with Crippen molar-refractivity contribution in [1.29, 1.82) is 0 Å². The summed E-state index contributed by atoms with van der Waals surface area (Å²) in [5.41, 5.74) is 1.98. The normalized spacial score (nSPS) is 12.3. The molecule has 0 N–H and O–H groups in total. The Labute approximate surface area is 148 Å². The molecule has 0 aliphatic rings. The van der Waals surface area contributed by atoms with Crippen LogP contribution in [0.25, 0.3) is 21.9 Å². The quantitative estimate of drug-likeness (QED) is 0.519. The Bertz CT molecular complexity index is 995. The summed E-state index contributed by atoms with van der Waals surface area (Å²) in [4.78, 5) is 28.2. The van der Waals surface area contributed by atoms with Crippen LogP contribution in [0.1, 0.15) is 18.5 Å². The topological polar surface area (TPSA) is 52.0 Å².